The van der Waals surface area contributed by atoms with E-state index in [1.54, 1.807) is 0 Å². The Morgan fingerprint density at radius 1 is 1.33 bits per heavy atom. The van der Waals surface area contributed by atoms with Crippen LogP contribution in [0.25, 0.3) is 0 Å². The minimum absolute atomic E-state index is 0.141. The molecule has 1 saturated heterocycles. The monoisotopic (exact) mass is 249 g/mol. The summed E-state index contributed by atoms with van der Waals surface area (Å²) in [6, 6.07) is 1.80. The summed E-state index contributed by atoms with van der Waals surface area (Å²) < 4.78 is 0. The molecule has 18 heavy (non-hydrogen) atoms. The molecule has 1 N–H and O–H groups in total. The summed E-state index contributed by atoms with van der Waals surface area (Å²) in [4.78, 5) is 25.3. The van der Waals surface area contributed by atoms with Gasteiger partial charge in [-0.1, -0.05) is 19.8 Å². The predicted octanol–water partition coefficient (Wildman–Crippen LogP) is 0.806. The Labute approximate surface area is 107 Å². The molecular weight excluding hydrogens is 230 g/mol. The van der Waals surface area contributed by atoms with Gasteiger partial charge in [0.25, 0.3) is 0 Å². The molecule has 0 aromatic carbocycles. The molecule has 1 heterocycles. The number of nitrogens with one attached hydrogen (secondary N) is 1. The molecule has 2 fully saturated rings. The molecule has 0 aromatic heterocycles. The minimum Gasteiger partial charge on any atom is -0.345 e. The van der Waals surface area contributed by atoms with E-state index in [0.717, 1.165) is 25.7 Å². The van der Waals surface area contributed by atoms with Crippen LogP contribution in [-0.2, 0) is 9.59 Å². The first-order valence-electron chi connectivity index (χ1n) is 6.63. The first-order valence-corrected chi connectivity index (χ1v) is 6.63. The molecule has 1 aliphatic heterocycles. The standard InChI is InChI=1S/C13H19N3O2/c1-9-6-11(7-14)16(8-9)13(18)12(17)15-10-4-2-3-5-10/h9-11H,2-6,8H2,1H3,(H,15,17). The lowest BCUT2D eigenvalue weighted by Gasteiger charge is -2.20. The molecule has 5 heteroatoms. The summed E-state index contributed by atoms with van der Waals surface area (Å²) in [6.45, 7) is 2.50. The average molecular weight is 249 g/mol. The number of carbonyl (C=O) groups is 2. The van der Waals surface area contributed by atoms with Crippen molar-refractivity contribution in [1.29, 1.82) is 5.26 Å². The lowest BCUT2D eigenvalue weighted by molar-refractivity contribution is -0.146. The van der Waals surface area contributed by atoms with Crippen LogP contribution in [0.15, 0.2) is 0 Å². The lowest BCUT2D eigenvalue weighted by atomic mass is 10.1. The van der Waals surface area contributed by atoms with Crippen molar-refractivity contribution >= 4 is 11.8 Å². The van der Waals surface area contributed by atoms with Gasteiger partial charge in [-0.25, -0.2) is 0 Å². The molecule has 5 nitrogen and oxygen atoms in total. The quantitative estimate of drug-likeness (QED) is 0.699. The maximum Gasteiger partial charge on any atom is 0.312 e. The van der Waals surface area contributed by atoms with Crippen LogP contribution in [0.2, 0.25) is 0 Å². The van der Waals surface area contributed by atoms with E-state index in [1.807, 2.05) is 6.92 Å². The summed E-state index contributed by atoms with van der Waals surface area (Å²) in [5, 5.41) is 11.8. The molecule has 1 aliphatic carbocycles. The summed E-state index contributed by atoms with van der Waals surface area (Å²) >= 11 is 0. The number of nitrogens with zero attached hydrogens (tertiary/aromatic N) is 2. The van der Waals surface area contributed by atoms with Crippen LogP contribution in [-0.4, -0.2) is 35.3 Å². The van der Waals surface area contributed by atoms with E-state index in [-0.39, 0.29) is 12.0 Å². The average Bonchev–Trinajstić information content (AvgIpc) is 2.97. The van der Waals surface area contributed by atoms with Gasteiger partial charge in [-0.05, 0) is 25.2 Å². The third-order valence-corrected chi connectivity index (χ3v) is 3.80. The van der Waals surface area contributed by atoms with E-state index in [2.05, 4.69) is 11.4 Å². The molecule has 2 rings (SSSR count). The van der Waals surface area contributed by atoms with Gasteiger partial charge in [0.05, 0.1) is 6.07 Å². The van der Waals surface area contributed by atoms with Crippen LogP contribution in [0.4, 0.5) is 0 Å². The van der Waals surface area contributed by atoms with Crippen molar-refractivity contribution in [3.8, 4) is 6.07 Å². The Morgan fingerprint density at radius 2 is 2.00 bits per heavy atom. The fourth-order valence-corrected chi connectivity index (χ4v) is 2.84. The van der Waals surface area contributed by atoms with Gasteiger partial charge in [0.2, 0.25) is 0 Å². The van der Waals surface area contributed by atoms with Crippen molar-refractivity contribution < 1.29 is 9.59 Å². The van der Waals surface area contributed by atoms with E-state index >= 15 is 0 Å². The predicted molar refractivity (Wildman–Crippen MR) is 65.3 cm³/mol. The van der Waals surface area contributed by atoms with E-state index < -0.39 is 17.9 Å². The number of likely N-dealkylation sites (tertiary alicyclic amines) is 1. The molecule has 2 aliphatic rings. The van der Waals surface area contributed by atoms with Crippen molar-refractivity contribution in [2.24, 2.45) is 5.92 Å². The van der Waals surface area contributed by atoms with Gasteiger partial charge in [-0.2, -0.15) is 5.26 Å². The van der Waals surface area contributed by atoms with Crippen molar-refractivity contribution in [3.63, 3.8) is 0 Å². The highest BCUT2D eigenvalue weighted by atomic mass is 16.2. The topological polar surface area (TPSA) is 73.2 Å². The maximum atomic E-state index is 12.0. The molecule has 0 bridgehead atoms. The molecule has 0 spiro atoms. The van der Waals surface area contributed by atoms with E-state index in [1.165, 1.54) is 4.90 Å². The second kappa shape index (κ2) is 5.38. The number of carbonyl (C=O) groups excluding carboxylic acids is 2. The first-order chi connectivity index (χ1) is 8.61. The Bertz CT molecular complexity index is 382. The zero-order valence-electron chi connectivity index (χ0n) is 10.7. The van der Waals surface area contributed by atoms with Crippen LogP contribution < -0.4 is 5.32 Å². The van der Waals surface area contributed by atoms with Crippen LogP contribution in [0.5, 0.6) is 0 Å². The third-order valence-electron chi connectivity index (χ3n) is 3.80. The van der Waals surface area contributed by atoms with Crippen LogP contribution >= 0.6 is 0 Å². The first kappa shape index (κ1) is 12.9. The lowest BCUT2D eigenvalue weighted by Crippen LogP contribution is -2.47. The van der Waals surface area contributed by atoms with Gasteiger partial charge in [-0.15, -0.1) is 0 Å². The zero-order chi connectivity index (χ0) is 13.1. The number of hydrogen-bond donors (Lipinski definition) is 1. The third kappa shape index (κ3) is 2.63. The Hall–Kier alpha value is -1.57. The molecule has 2 amide bonds. The number of hydrogen-bond acceptors (Lipinski definition) is 3. The second-order valence-electron chi connectivity index (χ2n) is 5.40. The van der Waals surface area contributed by atoms with Gasteiger partial charge < -0.3 is 10.2 Å². The van der Waals surface area contributed by atoms with Gasteiger partial charge in [0.1, 0.15) is 6.04 Å². The maximum absolute atomic E-state index is 12.0. The van der Waals surface area contributed by atoms with Gasteiger partial charge in [0, 0.05) is 12.6 Å². The van der Waals surface area contributed by atoms with E-state index in [0.29, 0.717) is 13.0 Å². The molecule has 0 aromatic rings. The molecule has 1 saturated carbocycles. The molecule has 2 unspecified atom stereocenters. The highest BCUT2D eigenvalue weighted by Gasteiger charge is 2.36. The fraction of sp³-hybridized carbons (Fsp3) is 0.769. The smallest absolute Gasteiger partial charge is 0.312 e. The number of rotatable bonds is 1. The van der Waals surface area contributed by atoms with Crippen LogP contribution in [0.1, 0.15) is 39.0 Å². The van der Waals surface area contributed by atoms with Crippen molar-refractivity contribution in [3.05, 3.63) is 0 Å². The molecule has 0 radical (unpaired) electrons. The second-order valence-corrected chi connectivity index (χ2v) is 5.40. The van der Waals surface area contributed by atoms with Crippen molar-refractivity contribution in [1.82, 2.24) is 10.2 Å². The number of amides is 2. The Morgan fingerprint density at radius 3 is 2.61 bits per heavy atom. The summed E-state index contributed by atoms with van der Waals surface area (Å²) in [7, 11) is 0. The summed E-state index contributed by atoms with van der Waals surface area (Å²) in [5.41, 5.74) is 0. The van der Waals surface area contributed by atoms with E-state index in [4.69, 9.17) is 5.26 Å². The van der Waals surface area contributed by atoms with Crippen molar-refractivity contribution in [2.45, 2.75) is 51.1 Å². The summed E-state index contributed by atoms with van der Waals surface area (Å²) in [5.74, 6) is -0.799. The van der Waals surface area contributed by atoms with Crippen molar-refractivity contribution in [2.75, 3.05) is 6.54 Å². The van der Waals surface area contributed by atoms with Crippen LogP contribution in [0, 0.1) is 17.2 Å². The van der Waals surface area contributed by atoms with Gasteiger partial charge >= 0.3 is 11.8 Å². The van der Waals surface area contributed by atoms with Gasteiger partial charge in [0.15, 0.2) is 0 Å². The fourth-order valence-electron chi connectivity index (χ4n) is 2.84. The number of nitriles is 1. The van der Waals surface area contributed by atoms with E-state index in [9.17, 15) is 9.59 Å². The zero-order valence-corrected chi connectivity index (χ0v) is 10.7. The Kier molecular flexibility index (Phi) is 3.85. The Balaban J connectivity index is 1.93. The minimum atomic E-state index is -0.545. The van der Waals surface area contributed by atoms with Gasteiger partial charge in [-0.3, -0.25) is 9.59 Å². The molecular formula is C13H19N3O2. The highest BCUT2D eigenvalue weighted by molar-refractivity contribution is 6.35. The normalized spacial score (nSPS) is 28.1. The van der Waals surface area contributed by atoms with Crippen LogP contribution in [0.3, 0.4) is 0 Å². The molecule has 2 atom stereocenters. The largest absolute Gasteiger partial charge is 0.345 e. The SMILES string of the molecule is CC1CC(C#N)N(C(=O)C(=O)NC2CCCC2)C1. The highest BCUT2D eigenvalue weighted by Crippen LogP contribution is 2.23. The summed E-state index contributed by atoms with van der Waals surface area (Å²) in [6.07, 6.45) is 4.80. The molecule has 98 valence electrons.